The average molecular weight is 305 g/mol. The molecule has 2 aromatic rings. The van der Waals surface area contributed by atoms with E-state index in [-0.39, 0.29) is 5.91 Å². The van der Waals surface area contributed by atoms with Crippen LogP contribution in [0.25, 0.3) is 0 Å². The van der Waals surface area contributed by atoms with Gasteiger partial charge >= 0.3 is 0 Å². The van der Waals surface area contributed by atoms with E-state index in [1.54, 1.807) is 11.3 Å². The van der Waals surface area contributed by atoms with Crippen molar-refractivity contribution < 1.29 is 9.32 Å². The van der Waals surface area contributed by atoms with E-state index in [9.17, 15) is 4.79 Å². The molecule has 0 unspecified atom stereocenters. The monoisotopic (exact) mass is 305 g/mol. The molecule has 0 bridgehead atoms. The molecule has 2 N–H and O–H groups in total. The Kier molecular flexibility index (Phi) is 3.96. The Bertz CT molecular complexity index is 613. The number of rotatable bonds is 3. The van der Waals surface area contributed by atoms with Crippen molar-refractivity contribution in [2.45, 2.75) is 32.1 Å². The van der Waals surface area contributed by atoms with Crippen LogP contribution < -0.4 is 5.73 Å². The molecular formula is C15H19N3O2S. The number of aromatic nitrogens is 1. The van der Waals surface area contributed by atoms with E-state index in [2.05, 4.69) is 5.16 Å². The van der Waals surface area contributed by atoms with Crippen molar-refractivity contribution in [2.24, 2.45) is 0 Å². The van der Waals surface area contributed by atoms with Gasteiger partial charge in [0.05, 0.1) is 12.1 Å². The summed E-state index contributed by atoms with van der Waals surface area (Å²) in [6.07, 6.45) is 2.34. The van der Waals surface area contributed by atoms with Crippen LogP contribution in [0.3, 0.4) is 0 Å². The number of anilines is 1. The Labute approximate surface area is 127 Å². The number of amides is 1. The van der Waals surface area contributed by atoms with E-state index in [1.165, 1.54) is 0 Å². The Morgan fingerprint density at radius 2 is 2.29 bits per heavy atom. The Morgan fingerprint density at radius 3 is 2.86 bits per heavy atom. The quantitative estimate of drug-likeness (QED) is 0.946. The lowest BCUT2D eigenvalue weighted by Gasteiger charge is -2.31. The third-order valence-electron chi connectivity index (χ3n) is 4.17. The highest BCUT2D eigenvalue weighted by Gasteiger charge is 2.27. The number of likely N-dealkylation sites (tertiary alicyclic amines) is 1. The van der Waals surface area contributed by atoms with Crippen LogP contribution in [0.2, 0.25) is 0 Å². The van der Waals surface area contributed by atoms with Crippen molar-refractivity contribution in [3.63, 3.8) is 0 Å². The number of carbonyl (C=O) groups excluding carboxylic acids is 1. The van der Waals surface area contributed by atoms with E-state index in [0.717, 1.165) is 42.8 Å². The first kappa shape index (κ1) is 14.1. The van der Waals surface area contributed by atoms with Crippen LogP contribution in [0.4, 0.5) is 5.88 Å². The number of carbonyl (C=O) groups is 1. The summed E-state index contributed by atoms with van der Waals surface area (Å²) in [7, 11) is 0. The Hall–Kier alpha value is -1.82. The third kappa shape index (κ3) is 2.95. The molecule has 6 heteroatoms. The van der Waals surface area contributed by atoms with Gasteiger partial charge in [0, 0.05) is 24.6 Å². The summed E-state index contributed by atoms with van der Waals surface area (Å²) in [6, 6.07) is 2.01. The number of hydrogen-bond donors (Lipinski definition) is 1. The van der Waals surface area contributed by atoms with Crippen molar-refractivity contribution >= 4 is 23.1 Å². The van der Waals surface area contributed by atoms with Gasteiger partial charge in [-0.3, -0.25) is 4.79 Å². The molecule has 5 nitrogen and oxygen atoms in total. The smallest absolute Gasteiger partial charge is 0.227 e. The second kappa shape index (κ2) is 5.89. The minimum atomic E-state index is 0.211. The van der Waals surface area contributed by atoms with Gasteiger partial charge in [-0.15, -0.1) is 0 Å². The predicted molar refractivity (Wildman–Crippen MR) is 82.2 cm³/mol. The fraction of sp³-hybridized carbons (Fsp3) is 0.467. The molecule has 0 radical (unpaired) electrons. The number of piperidine rings is 1. The van der Waals surface area contributed by atoms with Gasteiger partial charge in [-0.05, 0) is 42.2 Å². The van der Waals surface area contributed by atoms with Crippen LogP contribution >= 0.6 is 11.3 Å². The van der Waals surface area contributed by atoms with E-state index in [0.29, 0.717) is 18.2 Å². The van der Waals surface area contributed by atoms with Gasteiger partial charge < -0.3 is 15.2 Å². The first-order valence-corrected chi connectivity index (χ1v) is 8.10. The van der Waals surface area contributed by atoms with E-state index < -0.39 is 0 Å². The van der Waals surface area contributed by atoms with Crippen molar-refractivity contribution in [1.29, 1.82) is 0 Å². The van der Waals surface area contributed by atoms with Gasteiger partial charge in [0.15, 0.2) is 0 Å². The van der Waals surface area contributed by atoms with Gasteiger partial charge in [-0.1, -0.05) is 5.16 Å². The van der Waals surface area contributed by atoms with Crippen LogP contribution in [0.5, 0.6) is 0 Å². The summed E-state index contributed by atoms with van der Waals surface area (Å²) in [6.45, 7) is 3.49. The maximum absolute atomic E-state index is 12.3. The number of thiophene rings is 1. The number of hydrogen-bond acceptors (Lipinski definition) is 5. The fourth-order valence-electron chi connectivity index (χ4n) is 2.82. The normalized spacial score (nSPS) is 16.3. The molecule has 1 fully saturated rings. The lowest BCUT2D eigenvalue weighted by molar-refractivity contribution is -0.131. The van der Waals surface area contributed by atoms with Crippen LogP contribution in [0.15, 0.2) is 21.3 Å². The topological polar surface area (TPSA) is 72.4 Å². The fourth-order valence-corrected chi connectivity index (χ4v) is 3.49. The summed E-state index contributed by atoms with van der Waals surface area (Å²) in [4.78, 5) is 14.2. The molecule has 1 aliphatic rings. The number of nitrogens with two attached hydrogens (primary N) is 1. The van der Waals surface area contributed by atoms with Crippen molar-refractivity contribution in [2.75, 3.05) is 18.8 Å². The second-order valence-corrected chi connectivity index (χ2v) is 6.30. The third-order valence-corrected chi connectivity index (χ3v) is 4.90. The Balaban J connectivity index is 1.57. The van der Waals surface area contributed by atoms with Gasteiger partial charge in [-0.25, -0.2) is 0 Å². The van der Waals surface area contributed by atoms with Crippen molar-refractivity contribution in [1.82, 2.24) is 10.1 Å². The van der Waals surface area contributed by atoms with Gasteiger partial charge in [0.1, 0.15) is 0 Å². The highest BCUT2D eigenvalue weighted by atomic mass is 32.1. The molecule has 0 aliphatic carbocycles. The van der Waals surface area contributed by atoms with E-state index in [1.807, 2.05) is 28.7 Å². The summed E-state index contributed by atoms with van der Waals surface area (Å²) in [5, 5.41) is 8.11. The second-order valence-electron chi connectivity index (χ2n) is 5.52. The summed E-state index contributed by atoms with van der Waals surface area (Å²) < 4.78 is 5.04. The zero-order valence-electron chi connectivity index (χ0n) is 12.0. The summed E-state index contributed by atoms with van der Waals surface area (Å²) >= 11 is 1.63. The standard InChI is InChI=1S/C15H19N3O2S/c1-10-14(17-20-15(10)16)12-2-5-18(6-3-12)13(19)8-11-4-7-21-9-11/h4,7,9,12H,2-3,5-6,8,16H2,1H3. The lowest BCUT2D eigenvalue weighted by Crippen LogP contribution is -2.38. The number of nitrogens with zero attached hydrogens (tertiary/aromatic N) is 2. The molecule has 0 spiro atoms. The highest BCUT2D eigenvalue weighted by molar-refractivity contribution is 7.07. The van der Waals surface area contributed by atoms with Gasteiger partial charge in [-0.2, -0.15) is 11.3 Å². The van der Waals surface area contributed by atoms with Crippen LogP contribution in [-0.4, -0.2) is 29.1 Å². The zero-order valence-corrected chi connectivity index (χ0v) is 12.9. The molecule has 1 saturated heterocycles. The minimum Gasteiger partial charge on any atom is -0.367 e. The maximum atomic E-state index is 12.3. The van der Waals surface area contributed by atoms with Crippen molar-refractivity contribution in [3.8, 4) is 0 Å². The molecule has 3 rings (SSSR count). The Morgan fingerprint density at radius 1 is 1.52 bits per heavy atom. The van der Waals surface area contributed by atoms with Gasteiger partial charge in [0.25, 0.3) is 0 Å². The molecule has 0 atom stereocenters. The zero-order chi connectivity index (χ0) is 14.8. The van der Waals surface area contributed by atoms with Gasteiger partial charge in [0.2, 0.25) is 11.8 Å². The molecule has 0 saturated carbocycles. The average Bonchev–Trinajstić information content (AvgIpc) is 3.11. The molecule has 21 heavy (non-hydrogen) atoms. The molecule has 1 amide bonds. The highest BCUT2D eigenvalue weighted by Crippen LogP contribution is 2.31. The molecular weight excluding hydrogens is 286 g/mol. The van der Waals surface area contributed by atoms with E-state index in [4.69, 9.17) is 10.3 Å². The van der Waals surface area contributed by atoms with Crippen LogP contribution in [0, 0.1) is 6.92 Å². The SMILES string of the molecule is Cc1c(C2CCN(C(=O)Cc3ccsc3)CC2)noc1N. The summed E-state index contributed by atoms with van der Waals surface area (Å²) in [5.41, 5.74) is 8.71. The largest absolute Gasteiger partial charge is 0.367 e. The minimum absolute atomic E-state index is 0.211. The first-order valence-electron chi connectivity index (χ1n) is 7.15. The van der Waals surface area contributed by atoms with E-state index >= 15 is 0 Å². The molecule has 3 heterocycles. The van der Waals surface area contributed by atoms with Crippen LogP contribution in [0.1, 0.15) is 35.6 Å². The van der Waals surface area contributed by atoms with Crippen LogP contribution in [-0.2, 0) is 11.2 Å². The predicted octanol–water partition coefficient (Wildman–Crippen LogP) is 2.58. The maximum Gasteiger partial charge on any atom is 0.227 e. The lowest BCUT2D eigenvalue weighted by atomic mass is 9.91. The summed E-state index contributed by atoms with van der Waals surface area (Å²) in [5.74, 6) is 0.959. The molecule has 0 aromatic carbocycles. The molecule has 112 valence electrons. The number of nitrogen functional groups attached to an aromatic ring is 1. The molecule has 2 aromatic heterocycles. The first-order chi connectivity index (χ1) is 10.1. The molecule has 1 aliphatic heterocycles. The van der Waals surface area contributed by atoms with Crippen molar-refractivity contribution in [3.05, 3.63) is 33.6 Å².